The molecule has 114 valence electrons. The van der Waals surface area contributed by atoms with Gasteiger partial charge < -0.3 is 9.84 Å². The number of hydrogen-bond acceptors (Lipinski definition) is 2. The third kappa shape index (κ3) is 3.25. The molecule has 0 aromatic heterocycles. The molecule has 0 spiro atoms. The monoisotopic (exact) mass is 316 g/mol. The van der Waals surface area contributed by atoms with E-state index in [9.17, 15) is 4.79 Å². The lowest BCUT2D eigenvalue weighted by atomic mass is 10.1. The quantitative estimate of drug-likeness (QED) is 0.888. The van der Waals surface area contributed by atoms with Gasteiger partial charge in [-0.05, 0) is 48.1 Å². The highest BCUT2D eigenvalue weighted by molar-refractivity contribution is 6.32. The Hall–Kier alpha value is -2.00. The van der Waals surface area contributed by atoms with Crippen LogP contribution in [-0.2, 0) is 17.6 Å². The second-order valence-electron chi connectivity index (χ2n) is 5.50. The molecule has 0 radical (unpaired) electrons. The highest BCUT2D eigenvalue weighted by Crippen LogP contribution is 2.37. The van der Waals surface area contributed by atoms with Gasteiger partial charge in [0.15, 0.2) is 0 Å². The predicted octanol–water partition coefficient (Wildman–Crippen LogP) is 4.42. The topological polar surface area (TPSA) is 46.5 Å². The van der Waals surface area contributed by atoms with Crippen LogP contribution in [0.5, 0.6) is 5.75 Å². The maximum atomic E-state index is 10.6. The molecule has 1 N–H and O–H groups in total. The van der Waals surface area contributed by atoms with E-state index in [-0.39, 0.29) is 12.5 Å². The number of benzene rings is 2. The van der Waals surface area contributed by atoms with Crippen LogP contribution in [0.4, 0.5) is 0 Å². The van der Waals surface area contributed by atoms with Crippen LogP contribution >= 0.6 is 11.6 Å². The summed E-state index contributed by atoms with van der Waals surface area (Å²) in [7, 11) is 0. The second-order valence-corrected chi connectivity index (χ2v) is 5.91. The first-order valence-corrected chi connectivity index (χ1v) is 7.76. The van der Waals surface area contributed by atoms with Crippen molar-refractivity contribution < 1.29 is 14.6 Å². The number of halogens is 1. The van der Waals surface area contributed by atoms with Crippen LogP contribution in [0.25, 0.3) is 0 Å². The Bertz CT molecular complexity index is 696. The van der Waals surface area contributed by atoms with Gasteiger partial charge in [-0.1, -0.05) is 41.9 Å². The van der Waals surface area contributed by atoms with E-state index in [1.54, 1.807) is 6.07 Å². The van der Waals surface area contributed by atoms with Crippen molar-refractivity contribution in [2.24, 2.45) is 0 Å². The lowest BCUT2D eigenvalue weighted by molar-refractivity contribution is -0.136. The van der Waals surface area contributed by atoms with Gasteiger partial charge in [0.2, 0.25) is 0 Å². The summed E-state index contributed by atoms with van der Waals surface area (Å²) in [5, 5.41) is 9.26. The van der Waals surface area contributed by atoms with Crippen LogP contribution in [0.3, 0.4) is 0 Å². The molecule has 0 bridgehead atoms. The number of rotatable bonds is 5. The molecule has 22 heavy (non-hydrogen) atoms. The Morgan fingerprint density at radius 2 is 2.09 bits per heavy atom. The average molecular weight is 317 g/mol. The summed E-state index contributed by atoms with van der Waals surface area (Å²) in [6, 6.07) is 13.8. The van der Waals surface area contributed by atoms with Gasteiger partial charge in [-0.25, -0.2) is 0 Å². The van der Waals surface area contributed by atoms with Crippen LogP contribution in [0, 0.1) is 0 Å². The van der Waals surface area contributed by atoms with Gasteiger partial charge in [-0.3, -0.25) is 4.79 Å². The summed E-state index contributed by atoms with van der Waals surface area (Å²) in [4.78, 5) is 10.6. The number of fused-ring (bicyclic) bond motifs is 1. The lowest BCUT2D eigenvalue weighted by Crippen LogP contribution is -2.04. The molecule has 0 aliphatic heterocycles. The molecule has 0 saturated heterocycles. The molecule has 2 aromatic carbocycles. The number of carboxylic acids is 1. The third-order valence-corrected chi connectivity index (χ3v) is 4.27. The molecule has 2 aromatic rings. The number of aryl methyl sites for hydroxylation is 2. The van der Waals surface area contributed by atoms with Crippen LogP contribution in [0.1, 0.15) is 35.6 Å². The molecule has 0 amide bonds. The van der Waals surface area contributed by atoms with Gasteiger partial charge in [0.05, 0.1) is 5.02 Å². The maximum absolute atomic E-state index is 10.6. The Morgan fingerprint density at radius 3 is 2.86 bits per heavy atom. The summed E-state index contributed by atoms with van der Waals surface area (Å²) in [5.74, 6) is -0.151. The maximum Gasteiger partial charge on any atom is 0.303 e. The van der Waals surface area contributed by atoms with Gasteiger partial charge in [0.25, 0.3) is 0 Å². The second kappa shape index (κ2) is 6.41. The molecule has 0 saturated carbocycles. The zero-order valence-electron chi connectivity index (χ0n) is 12.1. The molecule has 0 fully saturated rings. The number of carbonyl (C=O) groups is 1. The van der Waals surface area contributed by atoms with E-state index < -0.39 is 5.97 Å². The highest BCUT2D eigenvalue weighted by atomic mass is 35.5. The smallest absolute Gasteiger partial charge is 0.303 e. The summed E-state index contributed by atoms with van der Waals surface area (Å²) in [6.45, 7) is 0. The zero-order valence-corrected chi connectivity index (χ0v) is 12.8. The first-order chi connectivity index (χ1) is 10.6. The van der Waals surface area contributed by atoms with Crippen LogP contribution in [0.2, 0.25) is 5.02 Å². The molecule has 1 aliphatic rings. The van der Waals surface area contributed by atoms with E-state index >= 15 is 0 Å². The lowest BCUT2D eigenvalue weighted by Gasteiger charge is -2.16. The first kappa shape index (κ1) is 14.9. The van der Waals surface area contributed by atoms with Crippen molar-refractivity contribution in [3.05, 3.63) is 64.2 Å². The largest absolute Gasteiger partial charge is 0.484 e. The summed E-state index contributed by atoms with van der Waals surface area (Å²) in [5.41, 5.74) is 3.47. The van der Waals surface area contributed by atoms with Crippen LogP contribution in [0.15, 0.2) is 42.5 Å². The average Bonchev–Trinajstić information content (AvgIpc) is 2.91. The van der Waals surface area contributed by atoms with Crippen molar-refractivity contribution in [3.63, 3.8) is 0 Å². The Kier molecular flexibility index (Phi) is 4.34. The molecule has 0 heterocycles. The molecule has 4 heteroatoms. The minimum atomic E-state index is -0.806. The van der Waals surface area contributed by atoms with Crippen molar-refractivity contribution >= 4 is 17.6 Å². The van der Waals surface area contributed by atoms with Crippen molar-refractivity contribution in [2.45, 2.75) is 31.8 Å². The number of aliphatic carboxylic acids is 1. The minimum absolute atomic E-state index is 0.0403. The van der Waals surface area contributed by atoms with E-state index in [0.717, 1.165) is 18.4 Å². The fourth-order valence-corrected chi connectivity index (χ4v) is 3.09. The molecular weight excluding hydrogens is 300 g/mol. The standard InChI is InChI=1S/C18H17ClO3/c19-15-11-12(6-10-18(20)21)5-8-17(15)22-16-9-7-13-3-1-2-4-14(13)16/h1-5,8,11,16H,6-7,9-10H2,(H,20,21). The zero-order chi connectivity index (χ0) is 15.5. The number of ether oxygens (including phenoxy) is 1. The molecule has 1 aliphatic carbocycles. The SMILES string of the molecule is O=C(O)CCc1ccc(OC2CCc3ccccc32)c(Cl)c1. The number of carboxylic acid groups (broad SMARTS) is 1. The molecule has 1 atom stereocenters. The van der Waals surface area contributed by atoms with Crippen LogP contribution < -0.4 is 4.74 Å². The van der Waals surface area contributed by atoms with Gasteiger partial charge in [-0.15, -0.1) is 0 Å². The fourth-order valence-electron chi connectivity index (χ4n) is 2.84. The highest BCUT2D eigenvalue weighted by Gasteiger charge is 2.24. The summed E-state index contributed by atoms with van der Waals surface area (Å²) < 4.78 is 6.06. The van der Waals surface area contributed by atoms with Crippen molar-refractivity contribution in [1.82, 2.24) is 0 Å². The Labute approximate surface area is 134 Å². The van der Waals surface area contributed by atoms with Gasteiger partial charge >= 0.3 is 5.97 Å². The van der Waals surface area contributed by atoms with Crippen LogP contribution in [-0.4, -0.2) is 11.1 Å². The normalized spacial score (nSPS) is 16.3. The van der Waals surface area contributed by atoms with E-state index in [1.807, 2.05) is 24.3 Å². The van der Waals surface area contributed by atoms with Gasteiger partial charge in [0, 0.05) is 6.42 Å². The minimum Gasteiger partial charge on any atom is -0.484 e. The molecule has 3 nitrogen and oxygen atoms in total. The summed E-state index contributed by atoms with van der Waals surface area (Å²) >= 11 is 6.28. The van der Waals surface area contributed by atoms with E-state index in [0.29, 0.717) is 17.2 Å². The van der Waals surface area contributed by atoms with Crippen molar-refractivity contribution in [1.29, 1.82) is 0 Å². The van der Waals surface area contributed by atoms with E-state index in [4.69, 9.17) is 21.4 Å². The van der Waals surface area contributed by atoms with Crippen molar-refractivity contribution in [3.8, 4) is 5.75 Å². The molecule has 3 rings (SSSR count). The third-order valence-electron chi connectivity index (χ3n) is 3.97. The van der Waals surface area contributed by atoms with E-state index in [1.165, 1.54) is 11.1 Å². The van der Waals surface area contributed by atoms with Gasteiger partial charge in [0.1, 0.15) is 11.9 Å². The number of hydrogen-bond donors (Lipinski definition) is 1. The Morgan fingerprint density at radius 1 is 1.27 bits per heavy atom. The first-order valence-electron chi connectivity index (χ1n) is 7.38. The molecule has 1 unspecified atom stereocenters. The molecular formula is C18H17ClO3. The summed E-state index contributed by atoms with van der Waals surface area (Å²) in [6.07, 6.45) is 2.60. The van der Waals surface area contributed by atoms with Crippen molar-refractivity contribution in [2.75, 3.05) is 0 Å². The fraction of sp³-hybridized carbons (Fsp3) is 0.278. The Balaban J connectivity index is 1.72. The van der Waals surface area contributed by atoms with E-state index in [2.05, 4.69) is 12.1 Å². The van der Waals surface area contributed by atoms with Gasteiger partial charge in [-0.2, -0.15) is 0 Å². The predicted molar refractivity (Wildman–Crippen MR) is 85.5 cm³/mol.